The SMILES string of the molecule is c1ccc(-c2nc3ccccc3n2-c2ccc(-n3c4ccccc4c4cc5c(cc43)oc3ccccc35)cc2)cc1. The molecule has 41 heavy (non-hydrogen) atoms. The molecule has 6 aromatic carbocycles. The molecule has 4 heteroatoms. The number of benzene rings is 6. The smallest absolute Gasteiger partial charge is 0.145 e. The maximum absolute atomic E-state index is 6.29. The van der Waals surface area contributed by atoms with E-state index < -0.39 is 0 Å². The Kier molecular flexibility index (Phi) is 4.58. The molecule has 0 fully saturated rings. The number of furan rings is 1. The van der Waals surface area contributed by atoms with Crippen LogP contribution < -0.4 is 0 Å². The van der Waals surface area contributed by atoms with Crippen molar-refractivity contribution < 1.29 is 4.42 Å². The second kappa shape index (κ2) is 8.44. The van der Waals surface area contributed by atoms with E-state index in [1.807, 2.05) is 24.3 Å². The maximum Gasteiger partial charge on any atom is 0.145 e. The van der Waals surface area contributed by atoms with Gasteiger partial charge in [0.25, 0.3) is 0 Å². The Morgan fingerprint density at radius 1 is 0.439 bits per heavy atom. The van der Waals surface area contributed by atoms with Crippen LogP contribution >= 0.6 is 0 Å². The average molecular weight is 526 g/mol. The van der Waals surface area contributed by atoms with Gasteiger partial charge in [0, 0.05) is 44.5 Å². The van der Waals surface area contributed by atoms with Crippen LogP contribution in [0.15, 0.2) is 144 Å². The van der Waals surface area contributed by atoms with Gasteiger partial charge in [-0.15, -0.1) is 0 Å². The molecule has 0 aliphatic heterocycles. The number of rotatable bonds is 3. The van der Waals surface area contributed by atoms with Crippen molar-refractivity contribution in [1.82, 2.24) is 14.1 Å². The minimum absolute atomic E-state index is 0.900. The van der Waals surface area contributed by atoms with Crippen molar-refractivity contribution in [1.29, 1.82) is 0 Å². The van der Waals surface area contributed by atoms with Gasteiger partial charge in [-0.05, 0) is 54.6 Å². The normalized spacial score (nSPS) is 11.9. The molecule has 0 unspecified atom stereocenters. The number of imidazole rings is 1. The molecule has 0 bridgehead atoms. The first-order valence-electron chi connectivity index (χ1n) is 13.8. The summed E-state index contributed by atoms with van der Waals surface area (Å²) >= 11 is 0. The van der Waals surface area contributed by atoms with Gasteiger partial charge in [-0.2, -0.15) is 0 Å². The van der Waals surface area contributed by atoms with E-state index >= 15 is 0 Å². The van der Waals surface area contributed by atoms with Gasteiger partial charge in [0.15, 0.2) is 0 Å². The summed E-state index contributed by atoms with van der Waals surface area (Å²) < 4.78 is 10.9. The van der Waals surface area contributed by atoms with Crippen LogP contribution in [0.3, 0.4) is 0 Å². The molecule has 4 nitrogen and oxygen atoms in total. The zero-order valence-electron chi connectivity index (χ0n) is 22.0. The zero-order chi connectivity index (χ0) is 26.9. The first kappa shape index (κ1) is 22.2. The lowest BCUT2D eigenvalue weighted by Gasteiger charge is -2.12. The van der Waals surface area contributed by atoms with Gasteiger partial charge < -0.3 is 8.98 Å². The summed E-state index contributed by atoms with van der Waals surface area (Å²) in [6.45, 7) is 0. The fourth-order valence-corrected chi connectivity index (χ4v) is 6.28. The molecular formula is C37H23N3O. The Hall–Kier alpha value is -5.61. The third-order valence-corrected chi connectivity index (χ3v) is 8.13. The summed E-state index contributed by atoms with van der Waals surface area (Å²) in [4.78, 5) is 5.01. The Morgan fingerprint density at radius 3 is 1.93 bits per heavy atom. The van der Waals surface area contributed by atoms with E-state index in [9.17, 15) is 0 Å². The van der Waals surface area contributed by atoms with Crippen molar-refractivity contribution in [3.63, 3.8) is 0 Å². The number of nitrogens with zero attached hydrogens (tertiary/aromatic N) is 3. The number of aromatic nitrogens is 3. The molecule has 0 N–H and O–H groups in total. The molecule has 0 spiro atoms. The monoisotopic (exact) mass is 525 g/mol. The highest BCUT2D eigenvalue weighted by atomic mass is 16.3. The average Bonchev–Trinajstić information content (AvgIpc) is 3.70. The number of para-hydroxylation sites is 4. The molecule has 0 aliphatic rings. The van der Waals surface area contributed by atoms with Crippen LogP contribution in [0.4, 0.5) is 0 Å². The molecule has 0 aliphatic carbocycles. The van der Waals surface area contributed by atoms with Gasteiger partial charge >= 0.3 is 0 Å². The third-order valence-electron chi connectivity index (χ3n) is 8.13. The van der Waals surface area contributed by atoms with Crippen molar-refractivity contribution >= 4 is 54.8 Å². The lowest BCUT2D eigenvalue weighted by Crippen LogP contribution is -1.99. The first-order valence-corrected chi connectivity index (χ1v) is 13.8. The van der Waals surface area contributed by atoms with E-state index in [0.29, 0.717) is 0 Å². The van der Waals surface area contributed by atoms with Crippen molar-refractivity contribution in [2.24, 2.45) is 0 Å². The zero-order valence-corrected chi connectivity index (χ0v) is 22.0. The Morgan fingerprint density at radius 2 is 1.10 bits per heavy atom. The highest BCUT2D eigenvalue weighted by Gasteiger charge is 2.17. The molecule has 192 valence electrons. The predicted octanol–water partition coefficient (Wildman–Crippen LogP) is 9.69. The summed E-state index contributed by atoms with van der Waals surface area (Å²) in [5, 5.41) is 4.74. The van der Waals surface area contributed by atoms with Crippen LogP contribution in [-0.4, -0.2) is 14.1 Å². The number of fused-ring (bicyclic) bond motifs is 7. The summed E-state index contributed by atoms with van der Waals surface area (Å²) in [6, 6.07) is 48.8. The lowest BCUT2D eigenvalue weighted by atomic mass is 10.1. The van der Waals surface area contributed by atoms with E-state index in [4.69, 9.17) is 9.40 Å². The van der Waals surface area contributed by atoms with Crippen molar-refractivity contribution in [2.75, 3.05) is 0 Å². The molecule has 3 heterocycles. The van der Waals surface area contributed by atoms with Crippen molar-refractivity contribution in [2.45, 2.75) is 0 Å². The summed E-state index contributed by atoms with van der Waals surface area (Å²) in [6.07, 6.45) is 0. The molecule has 3 aromatic heterocycles. The molecule has 9 rings (SSSR count). The highest BCUT2D eigenvalue weighted by molar-refractivity contribution is 6.17. The number of hydrogen-bond donors (Lipinski definition) is 0. The Labute approximate surface area is 235 Å². The van der Waals surface area contributed by atoms with Crippen LogP contribution in [-0.2, 0) is 0 Å². The van der Waals surface area contributed by atoms with Crippen LogP contribution in [0, 0.1) is 0 Å². The minimum atomic E-state index is 0.900. The van der Waals surface area contributed by atoms with Crippen LogP contribution in [0.5, 0.6) is 0 Å². The van der Waals surface area contributed by atoms with E-state index in [1.165, 1.54) is 16.3 Å². The minimum Gasteiger partial charge on any atom is -0.456 e. The first-order chi connectivity index (χ1) is 20.3. The Balaban J connectivity index is 1.26. The number of hydrogen-bond acceptors (Lipinski definition) is 2. The van der Waals surface area contributed by atoms with Crippen LogP contribution in [0.1, 0.15) is 0 Å². The standard InChI is InChI=1S/C37H23N3O/c1-2-10-24(11-3-1)37-38-31-14-6-8-16-33(31)40(37)26-20-18-25(19-21-26)39-32-15-7-4-12-27(32)29-22-30-28-13-5-9-17-35(28)41-36(30)23-34(29)39/h1-23H. The third kappa shape index (κ3) is 3.25. The molecule has 0 saturated carbocycles. The fourth-order valence-electron chi connectivity index (χ4n) is 6.28. The van der Waals surface area contributed by atoms with Gasteiger partial charge in [0.2, 0.25) is 0 Å². The van der Waals surface area contributed by atoms with Crippen molar-refractivity contribution in [3.05, 3.63) is 140 Å². The molecule has 9 aromatic rings. The van der Waals surface area contributed by atoms with E-state index in [2.05, 4.69) is 124 Å². The molecule has 0 radical (unpaired) electrons. The van der Waals surface area contributed by atoms with Crippen LogP contribution in [0.2, 0.25) is 0 Å². The van der Waals surface area contributed by atoms with Gasteiger partial charge in [-0.25, -0.2) is 4.98 Å². The largest absolute Gasteiger partial charge is 0.456 e. The molecular weight excluding hydrogens is 502 g/mol. The second-order valence-corrected chi connectivity index (χ2v) is 10.5. The molecule has 0 atom stereocenters. The van der Waals surface area contributed by atoms with Gasteiger partial charge in [0.1, 0.15) is 17.0 Å². The van der Waals surface area contributed by atoms with Gasteiger partial charge in [0.05, 0.1) is 22.1 Å². The van der Waals surface area contributed by atoms with Gasteiger partial charge in [-0.3, -0.25) is 4.57 Å². The van der Waals surface area contributed by atoms with E-state index in [-0.39, 0.29) is 0 Å². The van der Waals surface area contributed by atoms with Gasteiger partial charge in [-0.1, -0.05) is 78.9 Å². The van der Waals surface area contributed by atoms with E-state index in [0.717, 1.165) is 61.3 Å². The highest BCUT2D eigenvalue weighted by Crippen LogP contribution is 2.38. The quantitative estimate of drug-likeness (QED) is 0.230. The summed E-state index contributed by atoms with van der Waals surface area (Å²) in [5.41, 5.74) is 9.44. The molecule has 0 saturated heterocycles. The maximum atomic E-state index is 6.29. The fraction of sp³-hybridized carbons (Fsp3) is 0. The summed E-state index contributed by atoms with van der Waals surface area (Å²) in [5.74, 6) is 0.934. The summed E-state index contributed by atoms with van der Waals surface area (Å²) in [7, 11) is 0. The topological polar surface area (TPSA) is 35.9 Å². The molecule has 0 amide bonds. The second-order valence-electron chi connectivity index (χ2n) is 10.5. The Bertz CT molecular complexity index is 2410. The van der Waals surface area contributed by atoms with E-state index in [1.54, 1.807) is 0 Å². The lowest BCUT2D eigenvalue weighted by molar-refractivity contribution is 0.669. The van der Waals surface area contributed by atoms with Crippen LogP contribution in [0.25, 0.3) is 77.5 Å². The van der Waals surface area contributed by atoms with Crippen molar-refractivity contribution in [3.8, 4) is 22.8 Å². The predicted molar refractivity (Wildman–Crippen MR) is 168 cm³/mol.